The minimum Gasteiger partial charge on any atom is -0.248 e. The maximum atomic E-state index is 4.23. The molecule has 0 radical (unpaired) electrons. The fourth-order valence-electron chi connectivity index (χ4n) is 1.66. The van der Waals surface area contributed by atoms with Crippen molar-refractivity contribution in [3.8, 4) is 0 Å². The summed E-state index contributed by atoms with van der Waals surface area (Å²) < 4.78 is 1.83. The van der Waals surface area contributed by atoms with Crippen molar-refractivity contribution in [1.29, 1.82) is 0 Å². The Morgan fingerprint density at radius 1 is 1.21 bits per heavy atom. The van der Waals surface area contributed by atoms with Crippen LogP contribution in [-0.4, -0.2) is 23.1 Å². The summed E-state index contributed by atoms with van der Waals surface area (Å²) in [5.74, 6) is 0. The van der Waals surface area contributed by atoms with Crippen molar-refractivity contribution in [1.82, 2.24) is 15.0 Å². The van der Waals surface area contributed by atoms with Gasteiger partial charge in [0.25, 0.3) is 0 Å². The molecule has 74 valence electrons. The number of rotatable bonds is 1. The third-order valence-electron chi connectivity index (χ3n) is 2.45. The molecule has 2 aromatic rings. The first kappa shape index (κ1) is 9.39. The first-order chi connectivity index (χ1) is 6.50. The second-order valence-electron chi connectivity index (χ2n) is 4.64. The molecule has 2 rings (SSSR count). The molecule has 0 saturated heterocycles. The van der Waals surface area contributed by atoms with Crippen molar-refractivity contribution in [2.45, 2.75) is 19.6 Å². The lowest BCUT2D eigenvalue weighted by molar-refractivity contribution is 0.736. The molecule has 0 amide bonds. The molecule has 4 heteroatoms. The van der Waals surface area contributed by atoms with Gasteiger partial charge in [0.1, 0.15) is 5.52 Å². The highest BCUT2D eigenvalue weighted by Crippen LogP contribution is 2.12. The number of aromatic nitrogens is 3. The standard InChI is InChI=1S/C10H15N3Si/c1-13-8-6-5-7-9(14(2,3)4)10(8)11-12-13/h5-7H,1-4H3. The molecule has 0 saturated carbocycles. The van der Waals surface area contributed by atoms with Gasteiger partial charge in [0.2, 0.25) is 0 Å². The van der Waals surface area contributed by atoms with Crippen LogP contribution in [0.2, 0.25) is 19.6 Å². The van der Waals surface area contributed by atoms with Crippen LogP contribution < -0.4 is 5.19 Å². The number of hydrogen-bond donors (Lipinski definition) is 0. The van der Waals surface area contributed by atoms with Gasteiger partial charge in [-0.05, 0) is 11.3 Å². The highest BCUT2D eigenvalue weighted by Gasteiger charge is 2.20. The van der Waals surface area contributed by atoms with E-state index in [0.29, 0.717) is 0 Å². The maximum Gasteiger partial charge on any atom is 0.112 e. The topological polar surface area (TPSA) is 30.7 Å². The molecular weight excluding hydrogens is 190 g/mol. The third-order valence-corrected chi connectivity index (χ3v) is 4.47. The van der Waals surface area contributed by atoms with Crippen LogP contribution in [0.4, 0.5) is 0 Å². The first-order valence-corrected chi connectivity index (χ1v) is 8.29. The van der Waals surface area contributed by atoms with Gasteiger partial charge in [0.15, 0.2) is 0 Å². The molecular formula is C10H15N3Si. The Morgan fingerprint density at radius 2 is 1.93 bits per heavy atom. The summed E-state index contributed by atoms with van der Waals surface area (Å²) in [6.45, 7) is 6.99. The average Bonchev–Trinajstić information content (AvgIpc) is 2.46. The van der Waals surface area contributed by atoms with E-state index in [1.54, 1.807) is 0 Å². The Morgan fingerprint density at radius 3 is 2.57 bits per heavy atom. The van der Waals surface area contributed by atoms with E-state index in [9.17, 15) is 0 Å². The van der Waals surface area contributed by atoms with Crippen molar-refractivity contribution >= 4 is 24.3 Å². The van der Waals surface area contributed by atoms with E-state index < -0.39 is 8.07 Å². The van der Waals surface area contributed by atoms with Crippen molar-refractivity contribution < 1.29 is 0 Å². The van der Waals surface area contributed by atoms with E-state index in [-0.39, 0.29) is 0 Å². The third kappa shape index (κ3) is 1.35. The summed E-state index contributed by atoms with van der Waals surface area (Å²) >= 11 is 0. The Kier molecular flexibility index (Phi) is 1.96. The Labute approximate surface area is 84.7 Å². The van der Waals surface area contributed by atoms with Crippen LogP contribution in [0.5, 0.6) is 0 Å². The van der Waals surface area contributed by atoms with E-state index in [1.165, 1.54) is 5.19 Å². The molecule has 0 fully saturated rings. The summed E-state index contributed by atoms with van der Waals surface area (Å²) in [6, 6.07) is 6.35. The van der Waals surface area contributed by atoms with E-state index >= 15 is 0 Å². The molecule has 0 atom stereocenters. The molecule has 1 heterocycles. The average molecular weight is 205 g/mol. The fraction of sp³-hybridized carbons (Fsp3) is 0.400. The zero-order valence-corrected chi connectivity index (χ0v) is 10.1. The summed E-state index contributed by atoms with van der Waals surface area (Å²) in [4.78, 5) is 0. The zero-order chi connectivity index (χ0) is 10.3. The molecule has 0 spiro atoms. The monoisotopic (exact) mass is 205 g/mol. The maximum absolute atomic E-state index is 4.23. The second kappa shape index (κ2) is 2.92. The second-order valence-corrected chi connectivity index (χ2v) is 9.68. The van der Waals surface area contributed by atoms with Crippen molar-refractivity contribution in [3.05, 3.63) is 18.2 Å². The van der Waals surface area contributed by atoms with Gasteiger partial charge in [-0.2, -0.15) is 0 Å². The largest absolute Gasteiger partial charge is 0.248 e. The van der Waals surface area contributed by atoms with E-state index in [1.807, 2.05) is 11.7 Å². The molecule has 3 nitrogen and oxygen atoms in total. The van der Waals surface area contributed by atoms with Crippen molar-refractivity contribution in [2.24, 2.45) is 7.05 Å². The van der Waals surface area contributed by atoms with Gasteiger partial charge >= 0.3 is 0 Å². The number of aryl methyl sites for hydroxylation is 1. The molecule has 1 aromatic carbocycles. The Hall–Kier alpha value is -1.16. The Bertz CT molecular complexity index is 468. The van der Waals surface area contributed by atoms with Crippen molar-refractivity contribution in [2.75, 3.05) is 0 Å². The molecule has 0 aliphatic carbocycles. The van der Waals surface area contributed by atoms with Gasteiger partial charge in [0.05, 0.1) is 13.6 Å². The van der Waals surface area contributed by atoms with Gasteiger partial charge in [-0.3, -0.25) is 0 Å². The lowest BCUT2D eigenvalue weighted by atomic mass is 10.3. The van der Waals surface area contributed by atoms with Gasteiger partial charge in [0, 0.05) is 7.05 Å². The summed E-state index contributed by atoms with van der Waals surface area (Å²) in [5.41, 5.74) is 2.21. The number of benzene rings is 1. The zero-order valence-electron chi connectivity index (χ0n) is 9.07. The minimum atomic E-state index is -1.30. The van der Waals surface area contributed by atoms with Crippen LogP contribution in [0, 0.1) is 0 Å². The summed E-state index contributed by atoms with van der Waals surface area (Å²) in [6.07, 6.45) is 0. The van der Waals surface area contributed by atoms with E-state index in [2.05, 4.69) is 48.2 Å². The Balaban J connectivity index is 2.79. The SMILES string of the molecule is Cn1nnc2c([Si](C)(C)C)cccc21. The molecule has 14 heavy (non-hydrogen) atoms. The van der Waals surface area contributed by atoms with E-state index in [0.717, 1.165) is 11.0 Å². The van der Waals surface area contributed by atoms with Gasteiger partial charge in [-0.15, -0.1) is 5.10 Å². The predicted molar refractivity (Wildman–Crippen MR) is 61.5 cm³/mol. The molecule has 0 aliphatic heterocycles. The first-order valence-electron chi connectivity index (χ1n) is 4.79. The lowest BCUT2D eigenvalue weighted by Crippen LogP contribution is -2.38. The van der Waals surface area contributed by atoms with Gasteiger partial charge in [-0.1, -0.05) is 37.0 Å². The number of fused-ring (bicyclic) bond motifs is 1. The summed E-state index contributed by atoms with van der Waals surface area (Å²) in [5, 5.41) is 9.68. The molecule has 0 aliphatic rings. The van der Waals surface area contributed by atoms with Crippen LogP contribution in [0.25, 0.3) is 11.0 Å². The van der Waals surface area contributed by atoms with Crippen LogP contribution in [0.1, 0.15) is 0 Å². The van der Waals surface area contributed by atoms with Crippen LogP contribution in [-0.2, 0) is 7.05 Å². The predicted octanol–water partition coefficient (Wildman–Crippen LogP) is 1.51. The van der Waals surface area contributed by atoms with Gasteiger partial charge < -0.3 is 0 Å². The van der Waals surface area contributed by atoms with Crippen LogP contribution >= 0.6 is 0 Å². The minimum absolute atomic E-state index is 1.08. The molecule has 0 N–H and O–H groups in total. The molecule has 0 bridgehead atoms. The summed E-state index contributed by atoms with van der Waals surface area (Å²) in [7, 11) is 0.634. The fourth-order valence-corrected chi connectivity index (χ4v) is 3.15. The lowest BCUT2D eigenvalue weighted by Gasteiger charge is -2.16. The van der Waals surface area contributed by atoms with Crippen LogP contribution in [0.15, 0.2) is 18.2 Å². The molecule has 1 aromatic heterocycles. The highest BCUT2D eigenvalue weighted by molar-refractivity contribution is 6.90. The van der Waals surface area contributed by atoms with Crippen molar-refractivity contribution in [3.63, 3.8) is 0 Å². The highest BCUT2D eigenvalue weighted by atomic mass is 28.3. The normalized spacial score (nSPS) is 12.3. The quantitative estimate of drug-likeness (QED) is 0.661. The smallest absolute Gasteiger partial charge is 0.112 e. The van der Waals surface area contributed by atoms with Crippen LogP contribution in [0.3, 0.4) is 0 Å². The number of nitrogens with zero attached hydrogens (tertiary/aromatic N) is 3. The van der Waals surface area contributed by atoms with E-state index in [4.69, 9.17) is 0 Å². The molecule has 0 unspecified atom stereocenters. The number of hydrogen-bond acceptors (Lipinski definition) is 2. The van der Waals surface area contributed by atoms with Gasteiger partial charge in [-0.25, -0.2) is 4.68 Å².